The van der Waals surface area contributed by atoms with Gasteiger partial charge in [-0.2, -0.15) is 0 Å². The van der Waals surface area contributed by atoms with E-state index in [1.165, 1.54) is 12.1 Å². The van der Waals surface area contributed by atoms with Crippen molar-refractivity contribution in [3.63, 3.8) is 0 Å². The van der Waals surface area contributed by atoms with E-state index in [1.807, 2.05) is 24.3 Å². The Bertz CT molecular complexity index is 860. The van der Waals surface area contributed by atoms with Crippen molar-refractivity contribution in [3.8, 4) is 5.75 Å². The van der Waals surface area contributed by atoms with Gasteiger partial charge in [-0.05, 0) is 55.8 Å². The normalized spacial score (nSPS) is 11.7. The van der Waals surface area contributed by atoms with Gasteiger partial charge in [0.1, 0.15) is 11.3 Å². The fourth-order valence-corrected chi connectivity index (χ4v) is 2.81. The minimum absolute atomic E-state index is 0.0362. The fourth-order valence-electron chi connectivity index (χ4n) is 2.29. The first-order chi connectivity index (χ1) is 12.1. The van der Waals surface area contributed by atoms with Gasteiger partial charge in [0.15, 0.2) is 0 Å². The van der Waals surface area contributed by atoms with E-state index in [9.17, 15) is 13.2 Å². The van der Waals surface area contributed by atoms with E-state index < -0.39 is 15.6 Å². The predicted molar refractivity (Wildman–Crippen MR) is 100 cm³/mol. The van der Waals surface area contributed by atoms with Crippen LogP contribution < -0.4 is 20.5 Å². The molecule has 0 fully saturated rings. The van der Waals surface area contributed by atoms with Crippen LogP contribution in [0.2, 0.25) is 0 Å². The van der Waals surface area contributed by atoms with Crippen LogP contribution in [-0.4, -0.2) is 27.0 Å². The van der Waals surface area contributed by atoms with E-state index in [4.69, 9.17) is 9.88 Å². The lowest BCUT2D eigenvalue weighted by Gasteiger charge is -2.26. The lowest BCUT2D eigenvalue weighted by molar-refractivity contribution is -0.124. The summed E-state index contributed by atoms with van der Waals surface area (Å²) < 4.78 is 27.6. The molecule has 0 aliphatic carbocycles. The van der Waals surface area contributed by atoms with Crippen molar-refractivity contribution in [2.24, 2.45) is 5.14 Å². The summed E-state index contributed by atoms with van der Waals surface area (Å²) in [6.07, 6.45) is 0. The molecule has 26 heavy (non-hydrogen) atoms. The number of sulfonamides is 1. The summed E-state index contributed by atoms with van der Waals surface area (Å²) in [5, 5.41) is 11.1. The molecule has 0 bridgehead atoms. The number of anilines is 1. The molecule has 0 radical (unpaired) electrons. The zero-order valence-electron chi connectivity index (χ0n) is 14.9. The average Bonchev–Trinajstić information content (AvgIpc) is 2.59. The van der Waals surface area contributed by atoms with Crippen molar-refractivity contribution in [1.82, 2.24) is 5.32 Å². The minimum atomic E-state index is -3.72. The van der Waals surface area contributed by atoms with Crippen LogP contribution in [0.1, 0.15) is 19.4 Å². The van der Waals surface area contributed by atoms with Gasteiger partial charge < -0.3 is 15.4 Å². The van der Waals surface area contributed by atoms with Crippen LogP contribution in [0.5, 0.6) is 5.75 Å². The maximum absolute atomic E-state index is 12.5. The Labute approximate surface area is 153 Å². The van der Waals surface area contributed by atoms with Crippen LogP contribution in [0.4, 0.5) is 5.69 Å². The number of methoxy groups -OCH3 is 1. The second kappa shape index (κ2) is 7.76. The number of carbonyl (C=O) groups is 1. The van der Waals surface area contributed by atoms with Crippen LogP contribution in [0, 0.1) is 0 Å². The zero-order chi connectivity index (χ0) is 19.4. The highest BCUT2D eigenvalue weighted by Crippen LogP contribution is 2.19. The van der Waals surface area contributed by atoms with E-state index in [1.54, 1.807) is 33.1 Å². The molecule has 0 spiro atoms. The van der Waals surface area contributed by atoms with Crippen LogP contribution in [0.3, 0.4) is 0 Å². The van der Waals surface area contributed by atoms with E-state index in [2.05, 4.69) is 10.6 Å². The van der Waals surface area contributed by atoms with Crippen LogP contribution in [0.15, 0.2) is 53.4 Å². The van der Waals surface area contributed by atoms with Gasteiger partial charge in [-0.3, -0.25) is 4.79 Å². The standard InChI is InChI=1S/C18H23N3O4S/c1-18(2,21-14-6-8-15(25-3)9-7-14)17(22)20-12-13-4-10-16(11-5-13)26(19,23)24/h4-11,21H,12H2,1-3H3,(H,20,22)(H2,19,23,24). The first-order valence-electron chi connectivity index (χ1n) is 7.94. The first kappa shape index (κ1) is 19.7. The highest BCUT2D eigenvalue weighted by atomic mass is 32.2. The molecule has 2 aromatic rings. The molecule has 4 N–H and O–H groups in total. The zero-order valence-corrected chi connectivity index (χ0v) is 15.8. The first-order valence-corrected chi connectivity index (χ1v) is 9.49. The molecule has 0 unspecified atom stereocenters. The SMILES string of the molecule is COc1ccc(NC(C)(C)C(=O)NCc2ccc(S(N)(=O)=O)cc2)cc1. The number of carbonyl (C=O) groups excluding carboxylic acids is 1. The van der Waals surface area contributed by atoms with Crippen LogP contribution in [-0.2, 0) is 21.4 Å². The van der Waals surface area contributed by atoms with E-state index in [0.717, 1.165) is 17.0 Å². The second-order valence-corrected chi connectivity index (χ2v) is 7.91. The smallest absolute Gasteiger partial charge is 0.245 e. The Balaban J connectivity index is 1.96. The summed E-state index contributed by atoms with van der Waals surface area (Å²) in [6.45, 7) is 3.82. The van der Waals surface area contributed by atoms with Crippen LogP contribution in [0.25, 0.3) is 0 Å². The summed E-state index contributed by atoms with van der Waals surface area (Å²) in [5.41, 5.74) is 0.726. The molecule has 0 atom stereocenters. The van der Waals surface area contributed by atoms with Crippen molar-refractivity contribution in [1.29, 1.82) is 0 Å². The van der Waals surface area contributed by atoms with Crippen molar-refractivity contribution in [2.45, 2.75) is 30.8 Å². The van der Waals surface area contributed by atoms with Crippen molar-refractivity contribution < 1.29 is 17.9 Å². The lowest BCUT2D eigenvalue weighted by atomic mass is 10.0. The molecule has 140 valence electrons. The number of rotatable bonds is 7. The number of benzene rings is 2. The van der Waals surface area contributed by atoms with Gasteiger partial charge >= 0.3 is 0 Å². The maximum atomic E-state index is 12.5. The number of ether oxygens (including phenoxy) is 1. The Morgan fingerprint density at radius 1 is 1.08 bits per heavy atom. The molecule has 8 heteroatoms. The van der Waals surface area contributed by atoms with Gasteiger partial charge in [-0.1, -0.05) is 12.1 Å². The number of nitrogens with two attached hydrogens (primary N) is 1. The summed E-state index contributed by atoms with van der Waals surface area (Å²) in [5.74, 6) is 0.546. The molecule has 2 rings (SSSR count). The minimum Gasteiger partial charge on any atom is -0.497 e. The van der Waals surface area contributed by atoms with Gasteiger partial charge in [-0.15, -0.1) is 0 Å². The van der Waals surface area contributed by atoms with Gasteiger partial charge in [0.05, 0.1) is 12.0 Å². The Hall–Kier alpha value is -2.58. The molecule has 0 aliphatic rings. The summed E-state index contributed by atoms with van der Waals surface area (Å²) in [6, 6.07) is 13.3. The molecule has 0 saturated heterocycles. The number of primary sulfonamides is 1. The van der Waals surface area contributed by atoms with Crippen LogP contribution >= 0.6 is 0 Å². The van der Waals surface area contributed by atoms with Gasteiger partial charge in [-0.25, -0.2) is 13.6 Å². The molecular weight excluding hydrogens is 354 g/mol. The van der Waals surface area contributed by atoms with Crippen molar-refractivity contribution in [3.05, 3.63) is 54.1 Å². The third-order valence-corrected chi connectivity index (χ3v) is 4.75. The predicted octanol–water partition coefficient (Wildman–Crippen LogP) is 1.85. The number of amides is 1. The summed E-state index contributed by atoms with van der Waals surface area (Å²) >= 11 is 0. The second-order valence-electron chi connectivity index (χ2n) is 6.35. The quantitative estimate of drug-likeness (QED) is 0.682. The van der Waals surface area contributed by atoms with E-state index >= 15 is 0 Å². The Morgan fingerprint density at radius 3 is 2.15 bits per heavy atom. The lowest BCUT2D eigenvalue weighted by Crippen LogP contribution is -2.47. The largest absolute Gasteiger partial charge is 0.497 e. The Kier molecular flexibility index (Phi) is 5.89. The number of nitrogens with one attached hydrogen (secondary N) is 2. The summed E-state index contributed by atoms with van der Waals surface area (Å²) in [4.78, 5) is 12.5. The molecular formula is C18H23N3O4S. The maximum Gasteiger partial charge on any atom is 0.245 e. The fraction of sp³-hybridized carbons (Fsp3) is 0.278. The summed E-state index contributed by atoms with van der Waals surface area (Å²) in [7, 11) is -2.13. The Morgan fingerprint density at radius 2 is 1.65 bits per heavy atom. The number of hydrogen-bond acceptors (Lipinski definition) is 5. The monoisotopic (exact) mass is 377 g/mol. The van der Waals surface area contributed by atoms with E-state index in [0.29, 0.717) is 0 Å². The third kappa shape index (κ3) is 5.21. The van der Waals surface area contributed by atoms with Gasteiger partial charge in [0.2, 0.25) is 15.9 Å². The highest BCUT2D eigenvalue weighted by Gasteiger charge is 2.27. The molecule has 7 nitrogen and oxygen atoms in total. The average molecular weight is 377 g/mol. The molecule has 2 aromatic carbocycles. The van der Waals surface area contributed by atoms with E-state index in [-0.39, 0.29) is 17.3 Å². The molecule has 0 heterocycles. The third-order valence-electron chi connectivity index (χ3n) is 3.82. The molecule has 1 amide bonds. The van der Waals surface area contributed by atoms with Gasteiger partial charge in [0, 0.05) is 12.2 Å². The van der Waals surface area contributed by atoms with Crippen molar-refractivity contribution >= 4 is 21.6 Å². The number of hydrogen-bond donors (Lipinski definition) is 3. The highest BCUT2D eigenvalue weighted by molar-refractivity contribution is 7.89. The molecule has 0 aromatic heterocycles. The van der Waals surface area contributed by atoms with Gasteiger partial charge in [0.25, 0.3) is 0 Å². The molecule has 0 aliphatic heterocycles. The topological polar surface area (TPSA) is 111 Å². The molecule has 0 saturated carbocycles. The van der Waals surface area contributed by atoms with Crippen molar-refractivity contribution in [2.75, 3.05) is 12.4 Å².